The minimum Gasteiger partial charge on any atom is -0.338 e. The number of amides is 1. The van der Waals surface area contributed by atoms with Crippen LogP contribution in [0.25, 0.3) is 0 Å². The van der Waals surface area contributed by atoms with E-state index < -0.39 is 17.5 Å². The Morgan fingerprint density at radius 1 is 1.47 bits per heavy atom. The molecule has 0 saturated heterocycles. The molecule has 17 heavy (non-hydrogen) atoms. The molecule has 0 aromatic heterocycles. The van der Waals surface area contributed by atoms with Gasteiger partial charge in [-0.25, -0.2) is 8.78 Å². The predicted molar refractivity (Wildman–Crippen MR) is 58.1 cm³/mol. The Hall–Kier alpha value is -1.96. The van der Waals surface area contributed by atoms with Crippen LogP contribution in [0.4, 0.5) is 8.78 Å². The summed E-state index contributed by atoms with van der Waals surface area (Å²) in [6, 6.07) is 4.65. The van der Waals surface area contributed by atoms with Crippen molar-refractivity contribution in [3.05, 3.63) is 35.4 Å². The average molecular weight is 238 g/mol. The summed E-state index contributed by atoms with van der Waals surface area (Å²) in [5.74, 6) is -2.49. The number of halogens is 2. The lowest BCUT2D eigenvalue weighted by Crippen LogP contribution is -2.34. The van der Waals surface area contributed by atoms with Crippen LogP contribution in [0.1, 0.15) is 23.7 Å². The smallest absolute Gasteiger partial charge is 0.253 e. The van der Waals surface area contributed by atoms with Gasteiger partial charge in [0.1, 0.15) is 0 Å². The van der Waals surface area contributed by atoms with Gasteiger partial charge in [-0.1, -0.05) is 0 Å². The Labute approximate surface area is 98.3 Å². The van der Waals surface area contributed by atoms with E-state index in [1.54, 1.807) is 6.92 Å². The molecule has 1 unspecified atom stereocenters. The van der Waals surface area contributed by atoms with Gasteiger partial charge in [-0.05, 0) is 25.1 Å². The molecule has 0 aliphatic heterocycles. The summed E-state index contributed by atoms with van der Waals surface area (Å²) in [4.78, 5) is 13.2. The number of nitrogens with zero attached hydrogens (tertiary/aromatic N) is 2. The lowest BCUT2D eigenvalue weighted by Gasteiger charge is -2.22. The molecule has 0 fully saturated rings. The van der Waals surface area contributed by atoms with Crippen molar-refractivity contribution in [2.75, 3.05) is 7.05 Å². The fourth-order valence-electron chi connectivity index (χ4n) is 1.30. The van der Waals surface area contributed by atoms with Crippen LogP contribution in [0.15, 0.2) is 18.2 Å². The second kappa shape index (κ2) is 5.39. The first-order chi connectivity index (χ1) is 7.97. The summed E-state index contributed by atoms with van der Waals surface area (Å²) in [7, 11) is 1.52. The van der Waals surface area contributed by atoms with Gasteiger partial charge in [0.15, 0.2) is 11.6 Å². The quantitative estimate of drug-likeness (QED) is 0.811. The zero-order valence-electron chi connectivity index (χ0n) is 9.58. The average Bonchev–Trinajstić information content (AvgIpc) is 2.31. The number of carbonyl (C=O) groups is 1. The molecule has 0 radical (unpaired) electrons. The van der Waals surface area contributed by atoms with E-state index in [0.717, 1.165) is 12.1 Å². The summed E-state index contributed by atoms with van der Waals surface area (Å²) in [5, 5.41) is 8.52. The number of rotatable bonds is 3. The lowest BCUT2D eigenvalue weighted by molar-refractivity contribution is 0.0745. The third-order valence-corrected chi connectivity index (χ3v) is 2.53. The van der Waals surface area contributed by atoms with Crippen molar-refractivity contribution >= 4 is 5.91 Å². The number of hydrogen-bond donors (Lipinski definition) is 0. The fourth-order valence-corrected chi connectivity index (χ4v) is 1.30. The maximum absolute atomic E-state index is 13.0. The lowest BCUT2D eigenvalue weighted by atomic mass is 10.1. The first-order valence-corrected chi connectivity index (χ1v) is 5.06. The van der Waals surface area contributed by atoms with Crippen molar-refractivity contribution in [3.63, 3.8) is 0 Å². The molecule has 0 saturated carbocycles. The van der Waals surface area contributed by atoms with Crippen molar-refractivity contribution in [1.29, 1.82) is 5.26 Å². The maximum atomic E-state index is 13.0. The van der Waals surface area contributed by atoms with Gasteiger partial charge in [0.2, 0.25) is 0 Å². The second-order valence-corrected chi connectivity index (χ2v) is 3.76. The molecule has 0 bridgehead atoms. The van der Waals surface area contributed by atoms with E-state index in [1.165, 1.54) is 18.0 Å². The van der Waals surface area contributed by atoms with Crippen molar-refractivity contribution in [2.45, 2.75) is 19.4 Å². The Bertz CT molecular complexity index is 468. The highest BCUT2D eigenvalue weighted by Crippen LogP contribution is 2.12. The molecule has 90 valence electrons. The van der Waals surface area contributed by atoms with E-state index in [9.17, 15) is 13.6 Å². The Kier molecular flexibility index (Phi) is 4.16. The molecular formula is C12H12F2N2O. The zero-order chi connectivity index (χ0) is 13.0. The monoisotopic (exact) mass is 238 g/mol. The fraction of sp³-hybridized carbons (Fsp3) is 0.333. The van der Waals surface area contributed by atoms with Crippen LogP contribution in [0.3, 0.4) is 0 Å². The highest BCUT2D eigenvalue weighted by molar-refractivity contribution is 5.94. The Morgan fingerprint density at radius 3 is 2.65 bits per heavy atom. The van der Waals surface area contributed by atoms with Crippen LogP contribution in [0, 0.1) is 23.0 Å². The normalized spacial score (nSPS) is 11.7. The van der Waals surface area contributed by atoms with Gasteiger partial charge in [-0.2, -0.15) is 5.26 Å². The van der Waals surface area contributed by atoms with Gasteiger partial charge in [-0.15, -0.1) is 0 Å². The third kappa shape index (κ3) is 3.00. The molecule has 3 nitrogen and oxygen atoms in total. The number of benzene rings is 1. The molecule has 1 aromatic rings. The van der Waals surface area contributed by atoms with Gasteiger partial charge in [0.05, 0.1) is 12.5 Å². The van der Waals surface area contributed by atoms with E-state index in [0.29, 0.717) is 0 Å². The highest BCUT2D eigenvalue weighted by atomic mass is 19.2. The van der Waals surface area contributed by atoms with E-state index >= 15 is 0 Å². The molecular weight excluding hydrogens is 226 g/mol. The van der Waals surface area contributed by atoms with Crippen LogP contribution in [0.5, 0.6) is 0 Å². The van der Waals surface area contributed by atoms with E-state index in [2.05, 4.69) is 0 Å². The number of nitriles is 1. The van der Waals surface area contributed by atoms with E-state index in [-0.39, 0.29) is 18.0 Å². The molecule has 1 rings (SSSR count). The molecule has 1 amide bonds. The minimum absolute atomic E-state index is 0.0659. The summed E-state index contributed by atoms with van der Waals surface area (Å²) in [5.41, 5.74) is 0.0659. The first-order valence-electron chi connectivity index (χ1n) is 5.06. The van der Waals surface area contributed by atoms with Gasteiger partial charge in [0, 0.05) is 18.7 Å². The van der Waals surface area contributed by atoms with Crippen LogP contribution in [-0.4, -0.2) is 23.9 Å². The Balaban J connectivity index is 2.89. The van der Waals surface area contributed by atoms with Crippen molar-refractivity contribution in [3.8, 4) is 6.07 Å². The van der Waals surface area contributed by atoms with Gasteiger partial charge < -0.3 is 4.90 Å². The highest BCUT2D eigenvalue weighted by Gasteiger charge is 2.18. The first kappa shape index (κ1) is 13.1. The molecule has 0 heterocycles. The van der Waals surface area contributed by atoms with Crippen molar-refractivity contribution < 1.29 is 13.6 Å². The number of carbonyl (C=O) groups excluding carboxylic acids is 1. The molecule has 5 heteroatoms. The largest absolute Gasteiger partial charge is 0.338 e. The second-order valence-electron chi connectivity index (χ2n) is 3.76. The molecule has 0 spiro atoms. The van der Waals surface area contributed by atoms with Crippen LogP contribution < -0.4 is 0 Å². The third-order valence-electron chi connectivity index (χ3n) is 2.53. The SMILES string of the molecule is CC(CC#N)N(C)C(=O)c1ccc(F)c(F)c1. The van der Waals surface area contributed by atoms with Crippen LogP contribution in [-0.2, 0) is 0 Å². The summed E-state index contributed by atoms with van der Waals surface area (Å²) in [6.45, 7) is 1.71. The van der Waals surface area contributed by atoms with Gasteiger partial charge in [-0.3, -0.25) is 4.79 Å². The van der Waals surface area contributed by atoms with Crippen molar-refractivity contribution in [2.24, 2.45) is 0 Å². The predicted octanol–water partition coefficient (Wildman–Crippen LogP) is 2.34. The number of hydrogen-bond acceptors (Lipinski definition) is 2. The van der Waals surface area contributed by atoms with Crippen LogP contribution in [0.2, 0.25) is 0 Å². The van der Waals surface area contributed by atoms with E-state index in [1.807, 2.05) is 6.07 Å². The molecule has 0 aliphatic carbocycles. The summed E-state index contributed by atoms with van der Waals surface area (Å²) < 4.78 is 25.7. The van der Waals surface area contributed by atoms with Crippen LogP contribution >= 0.6 is 0 Å². The molecule has 0 N–H and O–H groups in total. The molecule has 1 atom stereocenters. The van der Waals surface area contributed by atoms with Gasteiger partial charge in [0.25, 0.3) is 5.91 Å². The molecule has 0 aliphatic rings. The van der Waals surface area contributed by atoms with E-state index in [4.69, 9.17) is 5.26 Å². The Morgan fingerprint density at radius 2 is 2.12 bits per heavy atom. The minimum atomic E-state index is -1.06. The summed E-state index contributed by atoms with van der Waals surface area (Å²) >= 11 is 0. The van der Waals surface area contributed by atoms with Gasteiger partial charge >= 0.3 is 0 Å². The van der Waals surface area contributed by atoms with Crippen molar-refractivity contribution in [1.82, 2.24) is 4.90 Å². The standard InChI is InChI=1S/C12H12F2N2O/c1-8(5-6-15)16(2)12(17)9-3-4-10(13)11(14)7-9/h3-4,7-8H,5H2,1-2H3. The molecule has 1 aromatic carbocycles. The zero-order valence-corrected chi connectivity index (χ0v) is 9.58. The maximum Gasteiger partial charge on any atom is 0.253 e. The topological polar surface area (TPSA) is 44.1 Å². The summed E-state index contributed by atoms with van der Waals surface area (Å²) in [6.07, 6.45) is 0.186.